The van der Waals surface area contributed by atoms with Crippen molar-refractivity contribution in [1.29, 1.82) is 0 Å². The minimum atomic E-state index is -0.319. The summed E-state index contributed by atoms with van der Waals surface area (Å²) in [5.41, 5.74) is 4.32. The fourth-order valence-electron chi connectivity index (χ4n) is 3.37. The standard InChI is InChI=1S/C23H20FN3OS/c1-3-11-27(23-26-21(14-29-23)16-7-5-4-6-8-16)22(28)13-18-15(2)25-20-10-9-17(24)12-19(18)20/h3-10,12,14,25H,1,11,13H2,2H3. The van der Waals surface area contributed by atoms with E-state index in [-0.39, 0.29) is 18.1 Å². The average molecular weight is 405 g/mol. The number of fused-ring (bicyclic) bond motifs is 1. The van der Waals surface area contributed by atoms with E-state index in [2.05, 4.69) is 16.5 Å². The van der Waals surface area contributed by atoms with E-state index in [1.807, 2.05) is 42.6 Å². The van der Waals surface area contributed by atoms with Crippen molar-refractivity contribution in [3.05, 3.63) is 83.6 Å². The number of halogens is 1. The molecule has 4 rings (SSSR count). The number of aryl methyl sites for hydroxylation is 1. The van der Waals surface area contributed by atoms with Crippen LogP contribution in [0.4, 0.5) is 9.52 Å². The number of nitrogens with zero attached hydrogens (tertiary/aromatic N) is 2. The minimum absolute atomic E-state index is 0.105. The van der Waals surface area contributed by atoms with Gasteiger partial charge in [-0.3, -0.25) is 9.69 Å². The van der Waals surface area contributed by atoms with Gasteiger partial charge in [-0.1, -0.05) is 36.4 Å². The van der Waals surface area contributed by atoms with Crippen molar-refractivity contribution in [1.82, 2.24) is 9.97 Å². The summed E-state index contributed by atoms with van der Waals surface area (Å²) < 4.78 is 13.7. The summed E-state index contributed by atoms with van der Waals surface area (Å²) >= 11 is 1.42. The Labute approximate surface area is 172 Å². The fourth-order valence-corrected chi connectivity index (χ4v) is 4.23. The van der Waals surface area contributed by atoms with Crippen LogP contribution in [0.25, 0.3) is 22.2 Å². The van der Waals surface area contributed by atoms with Gasteiger partial charge in [-0.15, -0.1) is 17.9 Å². The maximum atomic E-state index is 13.7. The van der Waals surface area contributed by atoms with Crippen molar-refractivity contribution < 1.29 is 9.18 Å². The molecule has 0 saturated heterocycles. The van der Waals surface area contributed by atoms with Crippen LogP contribution in [0, 0.1) is 12.7 Å². The molecule has 0 spiro atoms. The van der Waals surface area contributed by atoms with E-state index < -0.39 is 0 Å². The van der Waals surface area contributed by atoms with Crippen LogP contribution < -0.4 is 4.90 Å². The van der Waals surface area contributed by atoms with Crippen LogP contribution in [0.1, 0.15) is 11.3 Å². The molecule has 1 amide bonds. The third kappa shape index (κ3) is 3.84. The molecular formula is C23H20FN3OS. The Bertz CT molecular complexity index is 1180. The summed E-state index contributed by atoms with van der Waals surface area (Å²) in [6.45, 7) is 6.03. The molecule has 2 aromatic carbocycles. The first kappa shape index (κ1) is 19.1. The predicted molar refractivity (Wildman–Crippen MR) is 117 cm³/mol. The zero-order valence-corrected chi connectivity index (χ0v) is 16.8. The molecule has 1 N–H and O–H groups in total. The molecule has 0 bridgehead atoms. The molecule has 0 radical (unpaired) electrons. The monoisotopic (exact) mass is 405 g/mol. The van der Waals surface area contributed by atoms with Crippen LogP contribution in [0.3, 0.4) is 0 Å². The van der Waals surface area contributed by atoms with Gasteiger partial charge in [-0.25, -0.2) is 9.37 Å². The zero-order valence-electron chi connectivity index (χ0n) is 16.0. The van der Waals surface area contributed by atoms with E-state index in [1.54, 1.807) is 17.0 Å². The van der Waals surface area contributed by atoms with Gasteiger partial charge in [0, 0.05) is 34.1 Å². The second kappa shape index (κ2) is 8.01. The smallest absolute Gasteiger partial charge is 0.233 e. The van der Waals surface area contributed by atoms with E-state index in [0.717, 1.165) is 33.4 Å². The van der Waals surface area contributed by atoms with Gasteiger partial charge >= 0.3 is 0 Å². The number of amides is 1. The number of hydrogen-bond acceptors (Lipinski definition) is 3. The molecule has 0 atom stereocenters. The molecule has 4 aromatic rings. The maximum absolute atomic E-state index is 13.7. The lowest BCUT2D eigenvalue weighted by atomic mass is 10.1. The highest BCUT2D eigenvalue weighted by Crippen LogP contribution is 2.29. The van der Waals surface area contributed by atoms with Crippen molar-refractivity contribution in [2.75, 3.05) is 11.4 Å². The lowest BCUT2D eigenvalue weighted by molar-refractivity contribution is -0.117. The SMILES string of the molecule is C=CCN(C(=O)Cc1c(C)[nH]c2ccc(F)cc12)c1nc(-c2ccccc2)cs1. The number of anilines is 1. The quantitative estimate of drug-likeness (QED) is 0.431. The summed E-state index contributed by atoms with van der Waals surface area (Å²) in [7, 11) is 0. The van der Waals surface area contributed by atoms with Crippen LogP contribution in [0.5, 0.6) is 0 Å². The summed E-state index contributed by atoms with van der Waals surface area (Å²) in [4.78, 5) is 22.7. The number of nitrogens with one attached hydrogen (secondary N) is 1. The Kier molecular flexibility index (Phi) is 5.27. The van der Waals surface area contributed by atoms with E-state index in [1.165, 1.54) is 23.5 Å². The normalized spacial score (nSPS) is 11.0. The lowest BCUT2D eigenvalue weighted by Gasteiger charge is -2.18. The van der Waals surface area contributed by atoms with Gasteiger partial charge in [-0.05, 0) is 30.7 Å². The Morgan fingerprint density at radius 2 is 2.07 bits per heavy atom. The van der Waals surface area contributed by atoms with Crippen molar-refractivity contribution in [2.45, 2.75) is 13.3 Å². The van der Waals surface area contributed by atoms with E-state index in [4.69, 9.17) is 0 Å². The topological polar surface area (TPSA) is 49.0 Å². The number of aromatic nitrogens is 2. The second-order valence-electron chi connectivity index (χ2n) is 6.77. The molecule has 146 valence electrons. The zero-order chi connectivity index (χ0) is 20.4. The van der Waals surface area contributed by atoms with Crippen LogP contribution >= 0.6 is 11.3 Å². The number of benzene rings is 2. The summed E-state index contributed by atoms with van der Waals surface area (Å²) in [6.07, 6.45) is 1.84. The maximum Gasteiger partial charge on any atom is 0.233 e. The summed E-state index contributed by atoms with van der Waals surface area (Å²) in [5.74, 6) is -0.423. The molecule has 6 heteroatoms. The van der Waals surface area contributed by atoms with Crippen molar-refractivity contribution in [3.63, 3.8) is 0 Å². The molecule has 0 aliphatic heterocycles. The predicted octanol–water partition coefficient (Wildman–Crippen LogP) is 5.50. The summed E-state index contributed by atoms with van der Waals surface area (Å²) in [6, 6.07) is 14.4. The Morgan fingerprint density at radius 3 is 2.83 bits per heavy atom. The van der Waals surface area contributed by atoms with Crippen LogP contribution in [0.15, 0.2) is 66.6 Å². The molecule has 0 fully saturated rings. The van der Waals surface area contributed by atoms with Gasteiger partial charge in [0.1, 0.15) is 5.82 Å². The number of aromatic amines is 1. The van der Waals surface area contributed by atoms with Gasteiger partial charge in [0.05, 0.1) is 12.1 Å². The number of H-pyrrole nitrogens is 1. The Hall–Kier alpha value is -3.25. The fraction of sp³-hybridized carbons (Fsp3) is 0.130. The molecule has 0 aliphatic rings. The van der Waals surface area contributed by atoms with Gasteiger partial charge in [0.25, 0.3) is 0 Å². The largest absolute Gasteiger partial charge is 0.358 e. The number of rotatable bonds is 6. The van der Waals surface area contributed by atoms with E-state index >= 15 is 0 Å². The average Bonchev–Trinajstić information content (AvgIpc) is 3.32. The number of hydrogen-bond donors (Lipinski definition) is 1. The summed E-state index contributed by atoms with van der Waals surface area (Å²) in [5, 5.41) is 3.30. The number of thiazole rings is 1. The first-order valence-corrected chi connectivity index (χ1v) is 10.1. The van der Waals surface area contributed by atoms with E-state index in [0.29, 0.717) is 11.7 Å². The Morgan fingerprint density at radius 1 is 1.28 bits per heavy atom. The molecule has 4 nitrogen and oxygen atoms in total. The Balaban J connectivity index is 1.64. The van der Waals surface area contributed by atoms with Crippen molar-refractivity contribution in [3.8, 4) is 11.3 Å². The van der Waals surface area contributed by atoms with Crippen LogP contribution in [0.2, 0.25) is 0 Å². The van der Waals surface area contributed by atoms with Gasteiger partial charge in [0.2, 0.25) is 5.91 Å². The third-order valence-electron chi connectivity index (χ3n) is 4.81. The van der Waals surface area contributed by atoms with Gasteiger partial charge in [0.15, 0.2) is 5.13 Å². The second-order valence-corrected chi connectivity index (χ2v) is 7.61. The molecule has 2 aromatic heterocycles. The van der Waals surface area contributed by atoms with Gasteiger partial charge < -0.3 is 4.98 Å². The molecule has 0 unspecified atom stereocenters. The highest BCUT2D eigenvalue weighted by Gasteiger charge is 2.21. The molecular weight excluding hydrogens is 385 g/mol. The highest BCUT2D eigenvalue weighted by molar-refractivity contribution is 7.14. The molecule has 0 aliphatic carbocycles. The first-order valence-electron chi connectivity index (χ1n) is 9.25. The number of carbonyl (C=O) groups excluding carboxylic acids is 1. The van der Waals surface area contributed by atoms with Crippen molar-refractivity contribution in [2.24, 2.45) is 0 Å². The van der Waals surface area contributed by atoms with Crippen molar-refractivity contribution >= 4 is 33.3 Å². The van der Waals surface area contributed by atoms with E-state index in [9.17, 15) is 9.18 Å². The van der Waals surface area contributed by atoms with Crippen LogP contribution in [-0.4, -0.2) is 22.4 Å². The third-order valence-corrected chi connectivity index (χ3v) is 5.68. The lowest BCUT2D eigenvalue weighted by Crippen LogP contribution is -2.32. The number of carbonyl (C=O) groups is 1. The molecule has 2 heterocycles. The van der Waals surface area contributed by atoms with Crippen LogP contribution in [-0.2, 0) is 11.2 Å². The minimum Gasteiger partial charge on any atom is -0.358 e. The van der Waals surface area contributed by atoms with Gasteiger partial charge in [-0.2, -0.15) is 0 Å². The molecule has 0 saturated carbocycles. The highest BCUT2D eigenvalue weighted by atomic mass is 32.1. The first-order chi connectivity index (χ1) is 14.1. The molecule has 29 heavy (non-hydrogen) atoms.